The highest BCUT2D eigenvalue weighted by molar-refractivity contribution is 6.31. The van der Waals surface area contributed by atoms with Gasteiger partial charge in [-0.2, -0.15) is 0 Å². The third-order valence-corrected chi connectivity index (χ3v) is 5.39. The summed E-state index contributed by atoms with van der Waals surface area (Å²) in [6, 6.07) is 21.5. The first-order valence-electron chi connectivity index (χ1n) is 9.71. The third kappa shape index (κ3) is 4.97. The van der Waals surface area contributed by atoms with Gasteiger partial charge in [-0.1, -0.05) is 35.9 Å². The molecule has 148 valence electrons. The lowest BCUT2D eigenvalue weighted by Crippen LogP contribution is -2.36. The number of aromatic hydroxyl groups is 1. The predicted molar refractivity (Wildman–Crippen MR) is 119 cm³/mol. The Morgan fingerprint density at radius 1 is 1.00 bits per heavy atom. The van der Waals surface area contributed by atoms with Crippen LogP contribution in [0.5, 0.6) is 5.75 Å². The van der Waals surface area contributed by atoms with E-state index in [1.807, 2.05) is 48.5 Å². The Labute approximate surface area is 176 Å². The lowest BCUT2D eigenvalue weighted by atomic mass is 10.0. The Morgan fingerprint density at radius 2 is 1.76 bits per heavy atom. The fraction of sp³-hybridized carbons (Fsp3) is 0.208. The van der Waals surface area contributed by atoms with Crippen LogP contribution in [0, 0.1) is 0 Å². The summed E-state index contributed by atoms with van der Waals surface area (Å²) in [5.74, 6) is 0.210. The molecule has 0 bridgehead atoms. The van der Waals surface area contributed by atoms with Gasteiger partial charge >= 0.3 is 0 Å². The van der Waals surface area contributed by atoms with Gasteiger partial charge in [-0.15, -0.1) is 0 Å². The number of nitrogens with zero attached hydrogens (tertiary/aromatic N) is 2. The molecule has 1 aliphatic rings. The molecular formula is C24H23ClN2O2. The summed E-state index contributed by atoms with van der Waals surface area (Å²) in [4.78, 5) is 6.84. The summed E-state index contributed by atoms with van der Waals surface area (Å²) in [6.45, 7) is 3.36. The lowest BCUT2D eigenvalue weighted by Gasteiger charge is -2.28. The molecule has 1 heterocycles. The van der Waals surface area contributed by atoms with Crippen molar-refractivity contribution < 1.29 is 9.84 Å². The van der Waals surface area contributed by atoms with Crippen molar-refractivity contribution in [2.24, 2.45) is 4.99 Å². The monoisotopic (exact) mass is 406 g/mol. The van der Waals surface area contributed by atoms with Crippen molar-refractivity contribution in [3.05, 3.63) is 88.4 Å². The molecular weight excluding hydrogens is 384 g/mol. The highest BCUT2D eigenvalue weighted by Crippen LogP contribution is 2.24. The summed E-state index contributed by atoms with van der Waals surface area (Å²) in [5.41, 5.74) is 4.84. The molecule has 3 aromatic carbocycles. The van der Waals surface area contributed by atoms with E-state index < -0.39 is 0 Å². The minimum absolute atomic E-state index is 0.210. The maximum Gasteiger partial charge on any atom is 0.124 e. The van der Waals surface area contributed by atoms with Crippen molar-refractivity contribution in [3.63, 3.8) is 0 Å². The van der Waals surface area contributed by atoms with Gasteiger partial charge in [0.05, 0.1) is 18.9 Å². The predicted octanol–water partition coefficient (Wildman–Crippen LogP) is 5.22. The van der Waals surface area contributed by atoms with E-state index in [-0.39, 0.29) is 5.75 Å². The quantitative estimate of drug-likeness (QED) is 0.590. The number of benzene rings is 3. The fourth-order valence-corrected chi connectivity index (χ4v) is 3.60. The Balaban J connectivity index is 1.48. The lowest BCUT2D eigenvalue weighted by molar-refractivity contribution is 0.122. The summed E-state index contributed by atoms with van der Waals surface area (Å²) in [5, 5.41) is 11.0. The number of rotatable bonds is 5. The minimum atomic E-state index is 0.210. The van der Waals surface area contributed by atoms with E-state index in [0.29, 0.717) is 12.0 Å². The van der Waals surface area contributed by atoms with E-state index in [1.54, 1.807) is 12.3 Å². The molecule has 0 radical (unpaired) electrons. The number of aliphatic imine (C=N–C) groups is 1. The Bertz CT molecular complexity index is 996. The average Bonchev–Trinajstić information content (AvgIpc) is 2.77. The van der Waals surface area contributed by atoms with Gasteiger partial charge in [0.1, 0.15) is 5.75 Å². The zero-order chi connectivity index (χ0) is 20.1. The van der Waals surface area contributed by atoms with Crippen molar-refractivity contribution in [3.8, 4) is 5.75 Å². The van der Waals surface area contributed by atoms with Crippen LogP contribution < -0.4 is 4.90 Å². The summed E-state index contributed by atoms with van der Waals surface area (Å²) < 4.78 is 5.40. The zero-order valence-corrected chi connectivity index (χ0v) is 16.8. The molecule has 4 rings (SSSR count). The van der Waals surface area contributed by atoms with Gasteiger partial charge in [-0.3, -0.25) is 4.99 Å². The molecule has 1 N–H and O–H groups in total. The van der Waals surface area contributed by atoms with Crippen LogP contribution in [-0.4, -0.2) is 37.6 Å². The van der Waals surface area contributed by atoms with Crippen LogP contribution in [0.3, 0.4) is 0 Å². The fourth-order valence-electron chi connectivity index (χ4n) is 3.39. The number of phenols is 1. The minimum Gasteiger partial charge on any atom is -0.507 e. The van der Waals surface area contributed by atoms with E-state index in [9.17, 15) is 5.11 Å². The van der Waals surface area contributed by atoms with Gasteiger partial charge in [0.2, 0.25) is 0 Å². The van der Waals surface area contributed by atoms with Crippen molar-refractivity contribution in [2.45, 2.75) is 6.42 Å². The van der Waals surface area contributed by atoms with Crippen molar-refractivity contribution in [1.82, 2.24) is 0 Å². The Hall–Kier alpha value is -2.82. The molecule has 0 amide bonds. The first-order chi connectivity index (χ1) is 14.2. The van der Waals surface area contributed by atoms with Gasteiger partial charge in [-0.05, 0) is 60.0 Å². The normalized spacial score (nSPS) is 14.4. The van der Waals surface area contributed by atoms with Crippen molar-refractivity contribution in [2.75, 3.05) is 31.2 Å². The van der Waals surface area contributed by atoms with Crippen molar-refractivity contribution in [1.29, 1.82) is 0 Å². The number of phenolic OH excluding ortho intramolecular Hbond substituents is 1. The SMILES string of the molecule is Oc1ccc(Cc2ccccc2Cl)cc1C=Nc1ccc(N2CCOCC2)cc1. The smallest absolute Gasteiger partial charge is 0.124 e. The van der Waals surface area contributed by atoms with Gasteiger partial charge in [0.15, 0.2) is 0 Å². The molecule has 0 atom stereocenters. The Morgan fingerprint density at radius 3 is 2.52 bits per heavy atom. The van der Waals surface area contributed by atoms with E-state index >= 15 is 0 Å². The third-order valence-electron chi connectivity index (χ3n) is 5.02. The molecule has 29 heavy (non-hydrogen) atoms. The molecule has 3 aromatic rings. The van der Waals surface area contributed by atoms with E-state index in [0.717, 1.165) is 48.1 Å². The van der Waals surface area contributed by atoms with Gasteiger partial charge in [-0.25, -0.2) is 0 Å². The molecule has 1 saturated heterocycles. The highest BCUT2D eigenvalue weighted by atomic mass is 35.5. The number of anilines is 1. The summed E-state index contributed by atoms with van der Waals surface area (Å²) in [6.07, 6.45) is 2.41. The number of ether oxygens (including phenoxy) is 1. The maximum absolute atomic E-state index is 10.2. The highest BCUT2D eigenvalue weighted by Gasteiger charge is 2.10. The molecule has 1 aliphatic heterocycles. The van der Waals surface area contributed by atoms with Crippen LogP contribution in [0.1, 0.15) is 16.7 Å². The summed E-state index contributed by atoms with van der Waals surface area (Å²) >= 11 is 6.27. The van der Waals surface area contributed by atoms with Crippen molar-refractivity contribution >= 4 is 29.2 Å². The number of morpholine rings is 1. The van der Waals surface area contributed by atoms with E-state index in [2.05, 4.69) is 22.0 Å². The van der Waals surface area contributed by atoms with Gasteiger partial charge in [0, 0.05) is 35.6 Å². The maximum atomic E-state index is 10.2. The zero-order valence-electron chi connectivity index (χ0n) is 16.1. The second-order valence-corrected chi connectivity index (χ2v) is 7.44. The van der Waals surface area contributed by atoms with E-state index in [1.165, 1.54) is 5.69 Å². The molecule has 1 fully saturated rings. The average molecular weight is 407 g/mol. The second-order valence-electron chi connectivity index (χ2n) is 7.04. The van der Waals surface area contributed by atoms with Crippen LogP contribution in [0.15, 0.2) is 71.7 Å². The molecule has 0 spiro atoms. The van der Waals surface area contributed by atoms with E-state index in [4.69, 9.17) is 16.3 Å². The largest absolute Gasteiger partial charge is 0.507 e. The first kappa shape index (κ1) is 19.5. The molecule has 0 aromatic heterocycles. The number of hydrogen-bond donors (Lipinski definition) is 1. The van der Waals surface area contributed by atoms with Gasteiger partial charge in [0.25, 0.3) is 0 Å². The standard InChI is InChI=1S/C24H23ClN2O2/c25-23-4-2-1-3-19(23)15-18-5-10-24(28)20(16-18)17-26-21-6-8-22(9-7-21)27-11-13-29-14-12-27/h1-10,16-17,28H,11-15H2. The van der Waals surface area contributed by atoms with Crippen LogP contribution in [0.2, 0.25) is 5.02 Å². The molecule has 0 aliphatic carbocycles. The molecule has 5 heteroatoms. The number of hydrogen-bond acceptors (Lipinski definition) is 4. The van der Waals surface area contributed by atoms with Crippen LogP contribution in [0.4, 0.5) is 11.4 Å². The van der Waals surface area contributed by atoms with Gasteiger partial charge < -0.3 is 14.7 Å². The van der Waals surface area contributed by atoms with Crippen LogP contribution in [-0.2, 0) is 11.2 Å². The van der Waals surface area contributed by atoms with Crippen LogP contribution >= 0.6 is 11.6 Å². The topological polar surface area (TPSA) is 45.1 Å². The first-order valence-corrected chi connectivity index (χ1v) is 10.1. The second kappa shape index (κ2) is 9.12. The summed E-state index contributed by atoms with van der Waals surface area (Å²) in [7, 11) is 0. The Kier molecular flexibility index (Phi) is 6.13. The number of halogens is 1. The van der Waals surface area contributed by atoms with Crippen LogP contribution in [0.25, 0.3) is 0 Å². The molecule has 4 nitrogen and oxygen atoms in total. The molecule has 0 saturated carbocycles. The molecule has 0 unspecified atom stereocenters.